The lowest BCUT2D eigenvalue weighted by Crippen LogP contribution is -2.05. The van der Waals surface area contributed by atoms with Crippen molar-refractivity contribution in [3.8, 4) is 11.5 Å². The maximum absolute atomic E-state index is 13.8. The molecule has 5 nitrogen and oxygen atoms in total. The molecule has 156 valence electrons. The van der Waals surface area contributed by atoms with Crippen LogP contribution >= 0.6 is 0 Å². The number of methoxy groups -OCH3 is 1. The van der Waals surface area contributed by atoms with Crippen molar-refractivity contribution in [3.63, 3.8) is 0 Å². The van der Waals surface area contributed by atoms with E-state index in [4.69, 9.17) is 14.2 Å². The Balaban J connectivity index is 1.54. The highest BCUT2D eigenvalue weighted by atomic mass is 19.1. The minimum atomic E-state index is -0.519. The van der Waals surface area contributed by atoms with Crippen LogP contribution in [0.15, 0.2) is 77.4 Å². The quantitative estimate of drug-likeness (QED) is 0.415. The highest BCUT2D eigenvalue weighted by Crippen LogP contribution is 2.30. The van der Waals surface area contributed by atoms with E-state index in [-0.39, 0.29) is 24.0 Å². The standard InChI is InChI=1S/C25H20FNO4/c1-16-7-10-18(11-8-16)24-27-21(25(28)31-24)13-17-9-12-22(23(14-17)29-2)30-15-19-5-3-4-6-20(19)26/h3-14H,15H2,1-2H3/b21-13-. The molecular formula is C25H20FNO4. The fourth-order valence-electron chi connectivity index (χ4n) is 3.05. The first-order valence-electron chi connectivity index (χ1n) is 9.67. The van der Waals surface area contributed by atoms with Crippen LogP contribution < -0.4 is 9.47 Å². The Hall–Kier alpha value is -3.93. The summed E-state index contributed by atoms with van der Waals surface area (Å²) in [5.74, 6) is 0.345. The number of esters is 1. The summed E-state index contributed by atoms with van der Waals surface area (Å²) in [5, 5.41) is 0. The first kappa shape index (κ1) is 20.3. The van der Waals surface area contributed by atoms with Gasteiger partial charge in [-0.05, 0) is 48.9 Å². The van der Waals surface area contributed by atoms with E-state index in [0.29, 0.717) is 22.6 Å². The Kier molecular flexibility index (Phi) is 5.80. The summed E-state index contributed by atoms with van der Waals surface area (Å²) >= 11 is 0. The first-order valence-corrected chi connectivity index (χ1v) is 9.67. The molecule has 0 aromatic heterocycles. The lowest BCUT2D eigenvalue weighted by molar-refractivity contribution is -0.129. The molecule has 1 aliphatic heterocycles. The van der Waals surface area contributed by atoms with Crippen molar-refractivity contribution in [2.75, 3.05) is 7.11 Å². The van der Waals surface area contributed by atoms with Gasteiger partial charge in [0.2, 0.25) is 5.90 Å². The predicted molar refractivity (Wildman–Crippen MR) is 116 cm³/mol. The number of carbonyl (C=O) groups excluding carboxylic acids is 1. The number of hydrogen-bond acceptors (Lipinski definition) is 5. The zero-order valence-electron chi connectivity index (χ0n) is 17.1. The molecule has 3 aromatic rings. The van der Waals surface area contributed by atoms with Crippen LogP contribution in [0.5, 0.6) is 11.5 Å². The van der Waals surface area contributed by atoms with Crippen LogP contribution in [0.1, 0.15) is 22.3 Å². The van der Waals surface area contributed by atoms with Crippen molar-refractivity contribution in [1.29, 1.82) is 0 Å². The van der Waals surface area contributed by atoms with Gasteiger partial charge in [-0.1, -0.05) is 42.0 Å². The molecule has 0 spiro atoms. The van der Waals surface area contributed by atoms with E-state index in [2.05, 4.69) is 4.99 Å². The molecule has 0 bridgehead atoms. The highest BCUT2D eigenvalue weighted by molar-refractivity contribution is 6.12. The number of rotatable bonds is 6. The normalized spacial score (nSPS) is 14.4. The van der Waals surface area contributed by atoms with Crippen molar-refractivity contribution in [1.82, 2.24) is 0 Å². The molecule has 4 rings (SSSR count). The third kappa shape index (κ3) is 4.64. The van der Waals surface area contributed by atoms with Gasteiger partial charge in [0, 0.05) is 11.1 Å². The van der Waals surface area contributed by atoms with Gasteiger partial charge in [0.15, 0.2) is 17.2 Å². The van der Waals surface area contributed by atoms with E-state index in [1.165, 1.54) is 13.2 Å². The summed E-state index contributed by atoms with van der Waals surface area (Å²) in [6, 6.07) is 19.2. The minimum absolute atomic E-state index is 0.0694. The summed E-state index contributed by atoms with van der Waals surface area (Å²) in [5.41, 5.74) is 3.17. The average molecular weight is 417 g/mol. The van der Waals surface area contributed by atoms with Crippen LogP contribution in [0.2, 0.25) is 0 Å². The SMILES string of the molecule is COc1cc(/C=C2\N=C(c3ccc(C)cc3)OC2=O)ccc1OCc1ccccc1F. The number of halogens is 1. The van der Waals surface area contributed by atoms with Gasteiger partial charge in [-0.3, -0.25) is 0 Å². The monoisotopic (exact) mass is 417 g/mol. The van der Waals surface area contributed by atoms with E-state index in [9.17, 15) is 9.18 Å². The fourth-order valence-corrected chi connectivity index (χ4v) is 3.05. The second-order valence-electron chi connectivity index (χ2n) is 6.99. The Morgan fingerprint density at radius 3 is 2.55 bits per heavy atom. The topological polar surface area (TPSA) is 57.1 Å². The van der Waals surface area contributed by atoms with Crippen LogP contribution in [-0.2, 0) is 16.1 Å². The van der Waals surface area contributed by atoms with Crippen molar-refractivity contribution in [2.45, 2.75) is 13.5 Å². The maximum Gasteiger partial charge on any atom is 0.363 e. The molecule has 0 radical (unpaired) electrons. The molecule has 0 N–H and O–H groups in total. The second kappa shape index (κ2) is 8.83. The highest BCUT2D eigenvalue weighted by Gasteiger charge is 2.24. The number of carbonyl (C=O) groups is 1. The predicted octanol–water partition coefficient (Wildman–Crippen LogP) is 5.07. The number of aryl methyl sites for hydroxylation is 1. The number of cyclic esters (lactones) is 1. The Labute approximate surface area is 179 Å². The molecule has 0 fully saturated rings. The zero-order chi connectivity index (χ0) is 21.8. The van der Waals surface area contributed by atoms with Crippen molar-refractivity contribution in [2.24, 2.45) is 4.99 Å². The second-order valence-corrected chi connectivity index (χ2v) is 6.99. The van der Waals surface area contributed by atoms with Gasteiger partial charge in [-0.2, -0.15) is 0 Å². The zero-order valence-corrected chi connectivity index (χ0v) is 17.1. The van der Waals surface area contributed by atoms with E-state index in [1.807, 2.05) is 31.2 Å². The van der Waals surface area contributed by atoms with E-state index < -0.39 is 5.97 Å². The number of hydrogen-bond donors (Lipinski definition) is 0. The van der Waals surface area contributed by atoms with Gasteiger partial charge < -0.3 is 14.2 Å². The molecule has 1 heterocycles. The largest absolute Gasteiger partial charge is 0.493 e. The number of aliphatic imine (C=N–C) groups is 1. The van der Waals surface area contributed by atoms with E-state index in [0.717, 1.165) is 11.1 Å². The third-order valence-electron chi connectivity index (χ3n) is 4.75. The van der Waals surface area contributed by atoms with Crippen LogP contribution in [-0.4, -0.2) is 19.0 Å². The Morgan fingerprint density at radius 2 is 1.81 bits per heavy atom. The maximum atomic E-state index is 13.8. The van der Waals surface area contributed by atoms with Crippen LogP contribution in [0.25, 0.3) is 6.08 Å². The molecule has 0 saturated carbocycles. The summed E-state index contributed by atoms with van der Waals surface area (Å²) in [7, 11) is 1.51. The molecule has 0 amide bonds. The Morgan fingerprint density at radius 1 is 1.03 bits per heavy atom. The summed E-state index contributed by atoms with van der Waals surface area (Å²) in [4.78, 5) is 16.6. The van der Waals surface area contributed by atoms with Crippen molar-refractivity contribution < 1.29 is 23.4 Å². The minimum Gasteiger partial charge on any atom is -0.493 e. The molecule has 0 saturated heterocycles. The van der Waals surface area contributed by atoms with Gasteiger partial charge in [0.05, 0.1) is 7.11 Å². The average Bonchev–Trinajstić information content (AvgIpc) is 3.14. The third-order valence-corrected chi connectivity index (χ3v) is 4.75. The van der Waals surface area contributed by atoms with Gasteiger partial charge in [0.1, 0.15) is 12.4 Å². The van der Waals surface area contributed by atoms with Crippen molar-refractivity contribution in [3.05, 3.63) is 100 Å². The molecule has 31 heavy (non-hydrogen) atoms. The molecule has 0 atom stereocenters. The van der Waals surface area contributed by atoms with Gasteiger partial charge in [0.25, 0.3) is 0 Å². The van der Waals surface area contributed by atoms with Crippen LogP contribution in [0, 0.1) is 12.7 Å². The van der Waals surface area contributed by atoms with Gasteiger partial charge in [-0.15, -0.1) is 0 Å². The molecular weight excluding hydrogens is 397 g/mol. The fraction of sp³-hybridized carbons (Fsp3) is 0.120. The first-order chi connectivity index (χ1) is 15.0. The summed E-state index contributed by atoms with van der Waals surface area (Å²) in [6.45, 7) is 2.05. The van der Waals surface area contributed by atoms with Crippen molar-refractivity contribution >= 4 is 17.9 Å². The van der Waals surface area contributed by atoms with E-state index in [1.54, 1.807) is 42.5 Å². The molecule has 0 aliphatic carbocycles. The van der Waals surface area contributed by atoms with Crippen LogP contribution in [0.3, 0.4) is 0 Å². The van der Waals surface area contributed by atoms with Gasteiger partial charge in [-0.25, -0.2) is 14.2 Å². The smallest absolute Gasteiger partial charge is 0.363 e. The number of nitrogens with zero attached hydrogens (tertiary/aromatic N) is 1. The summed E-state index contributed by atoms with van der Waals surface area (Å²) in [6.07, 6.45) is 1.62. The Bertz CT molecular complexity index is 1180. The van der Waals surface area contributed by atoms with Gasteiger partial charge >= 0.3 is 5.97 Å². The van der Waals surface area contributed by atoms with E-state index >= 15 is 0 Å². The lowest BCUT2D eigenvalue weighted by atomic mass is 10.1. The lowest BCUT2D eigenvalue weighted by Gasteiger charge is -2.12. The number of benzene rings is 3. The van der Waals surface area contributed by atoms with Crippen LogP contribution in [0.4, 0.5) is 4.39 Å². The molecule has 1 aliphatic rings. The number of ether oxygens (including phenoxy) is 3. The molecule has 0 unspecified atom stereocenters. The molecule has 6 heteroatoms. The molecule has 3 aromatic carbocycles. The summed E-state index contributed by atoms with van der Waals surface area (Å²) < 4.78 is 30.2.